The van der Waals surface area contributed by atoms with Gasteiger partial charge in [0.1, 0.15) is 0 Å². The van der Waals surface area contributed by atoms with Gasteiger partial charge in [0.25, 0.3) is 0 Å². The van der Waals surface area contributed by atoms with Crippen LogP contribution in [-0.4, -0.2) is 32.0 Å². The van der Waals surface area contributed by atoms with Crippen LogP contribution < -0.4 is 5.32 Å². The minimum atomic E-state index is 0. The Morgan fingerprint density at radius 2 is 1.20 bits per heavy atom. The fourth-order valence-electron chi connectivity index (χ4n) is 0.661. The summed E-state index contributed by atoms with van der Waals surface area (Å²) in [5, 5.41) is 3.38. The quantitative estimate of drug-likeness (QED) is 0.575. The fourth-order valence-corrected chi connectivity index (χ4v) is 0.661. The molecule has 0 rings (SSSR count). The fraction of sp³-hybridized carbons (Fsp3) is 1.00. The number of nitrogens with one attached hydrogen (secondary N) is 1. The van der Waals surface area contributed by atoms with Crippen molar-refractivity contribution < 1.29 is 0 Å². The predicted octanol–water partition coefficient (Wildman–Crippen LogP) is 1.24. The molecule has 0 aliphatic carbocycles. The van der Waals surface area contributed by atoms with Crippen LogP contribution in [0.4, 0.5) is 0 Å². The molecule has 0 saturated heterocycles. The van der Waals surface area contributed by atoms with Crippen LogP contribution >= 0.6 is 0 Å². The Balaban J connectivity index is 0. The van der Waals surface area contributed by atoms with Gasteiger partial charge in [0.2, 0.25) is 0 Å². The van der Waals surface area contributed by atoms with Gasteiger partial charge in [0, 0.05) is 0 Å². The van der Waals surface area contributed by atoms with Crippen LogP contribution in [0.25, 0.3) is 0 Å². The Morgan fingerprint density at radius 1 is 0.900 bits per heavy atom. The monoisotopic (exact) mass is 137 g/mol. The molecule has 58 valence electrons. The summed E-state index contributed by atoms with van der Waals surface area (Å²) in [6.45, 7) is 11.2. The van der Waals surface area contributed by atoms with E-state index in [9.17, 15) is 0 Å². The van der Waals surface area contributed by atoms with Gasteiger partial charge in [0.05, 0.1) is 0 Å². The molecule has 0 aromatic heterocycles. The molecule has 1 N–H and O–H groups in total. The van der Waals surface area contributed by atoms with E-state index in [4.69, 9.17) is 0 Å². The van der Waals surface area contributed by atoms with E-state index in [0.29, 0.717) is 0 Å². The van der Waals surface area contributed by atoms with Crippen LogP contribution in [0.3, 0.4) is 0 Å². The predicted molar refractivity (Wildman–Crippen MR) is 49.7 cm³/mol. The first-order chi connectivity index (χ1) is 4.13. The van der Waals surface area contributed by atoms with Crippen molar-refractivity contribution in [2.24, 2.45) is 11.8 Å². The SMILES string of the molecule is CC(C)CNCC(C)C.[LiH]. The first-order valence-electron chi connectivity index (χ1n) is 3.83. The van der Waals surface area contributed by atoms with E-state index < -0.39 is 0 Å². The van der Waals surface area contributed by atoms with Crippen LogP contribution in [0.15, 0.2) is 0 Å². The van der Waals surface area contributed by atoms with Crippen LogP contribution in [0.1, 0.15) is 27.7 Å². The molecule has 0 aromatic rings. The molecule has 0 aliphatic rings. The molecule has 0 fully saturated rings. The van der Waals surface area contributed by atoms with Crippen molar-refractivity contribution in [2.75, 3.05) is 13.1 Å². The molecule has 0 unspecified atom stereocenters. The van der Waals surface area contributed by atoms with Crippen LogP contribution in [0.5, 0.6) is 0 Å². The molecule has 2 heteroatoms. The molecule has 0 heterocycles. The second-order valence-corrected chi connectivity index (χ2v) is 3.45. The first-order valence-corrected chi connectivity index (χ1v) is 3.83. The van der Waals surface area contributed by atoms with Crippen molar-refractivity contribution in [1.82, 2.24) is 5.32 Å². The van der Waals surface area contributed by atoms with Gasteiger partial charge < -0.3 is 5.32 Å². The molecule has 1 nitrogen and oxygen atoms in total. The van der Waals surface area contributed by atoms with E-state index in [1.54, 1.807) is 0 Å². The van der Waals surface area contributed by atoms with E-state index in [1.807, 2.05) is 0 Å². The van der Waals surface area contributed by atoms with Crippen molar-refractivity contribution in [3.8, 4) is 0 Å². The van der Waals surface area contributed by atoms with E-state index in [0.717, 1.165) is 24.9 Å². The number of hydrogen-bond donors (Lipinski definition) is 1. The summed E-state index contributed by atoms with van der Waals surface area (Å²) in [7, 11) is 0. The van der Waals surface area contributed by atoms with Crippen molar-refractivity contribution in [2.45, 2.75) is 27.7 Å². The van der Waals surface area contributed by atoms with E-state index >= 15 is 0 Å². The maximum absolute atomic E-state index is 3.38. The molecule has 10 heavy (non-hydrogen) atoms. The zero-order valence-electron chi connectivity index (χ0n) is 7.07. The van der Waals surface area contributed by atoms with E-state index in [-0.39, 0.29) is 18.9 Å². The third-order valence-corrected chi connectivity index (χ3v) is 1.11. The average Bonchev–Trinajstić information content (AvgIpc) is 1.63. The van der Waals surface area contributed by atoms with Gasteiger partial charge in [-0.15, -0.1) is 0 Å². The molecule has 0 spiro atoms. The summed E-state index contributed by atoms with van der Waals surface area (Å²) in [5.41, 5.74) is 0. The van der Waals surface area contributed by atoms with Gasteiger partial charge in [-0.2, -0.15) is 0 Å². The normalized spacial score (nSPS) is 10.2. The van der Waals surface area contributed by atoms with Crippen molar-refractivity contribution in [1.29, 1.82) is 0 Å². The molecular weight excluding hydrogens is 117 g/mol. The standard InChI is InChI=1S/C8H19N.Li.H/c1-7(2)5-9-6-8(3)4;;/h7-9H,5-6H2,1-4H3;;. The summed E-state index contributed by atoms with van der Waals surface area (Å²) in [6.07, 6.45) is 0. The molecular formula is C8H20LiN. The zero-order chi connectivity index (χ0) is 7.28. The molecule has 0 aliphatic heterocycles. The zero-order valence-corrected chi connectivity index (χ0v) is 7.07. The molecule has 0 aromatic carbocycles. The minimum absolute atomic E-state index is 0. The third-order valence-electron chi connectivity index (χ3n) is 1.11. The molecule has 0 bridgehead atoms. The maximum atomic E-state index is 3.38. The second-order valence-electron chi connectivity index (χ2n) is 3.45. The summed E-state index contributed by atoms with van der Waals surface area (Å²) in [6, 6.07) is 0. The average molecular weight is 137 g/mol. The molecule has 0 saturated carbocycles. The molecule has 0 radical (unpaired) electrons. The van der Waals surface area contributed by atoms with Crippen molar-refractivity contribution in [3.63, 3.8) is 0 Å². The van der Waals surface area contributed by atoms with Gasteiger partial charge in [0.15, 0.2) is 0 Å². The number of rotatable bonds is 4. The molecule has 0 atom stereocenters. The van der Waals surface area contributed by atoms with E-state index in [1.165, 1.54) is 0 Å². The topological polar surface area (TPSA) is 12.0 Å². The van der Waals surface area contributed by atoms with Gasteiger partial charge in [-0.3, -0.25) is 0 Å². The molecule has 0 amide bonds. The van der Waals surface area contributed by atoms with Crippen LogP contribution in [0.2, 0.25) is 0 Å². The van der Waals surface area contributed by atoms with Crippen molar-refractivity contribution >= 4 is 18.9 Å². The first kappa shape index (κ1) is 13.2. The van der Waals surface area contributed by atoms with Crippen LogP contribution in [-0.2, 0) is 0 Å². The third kappa shape index (κ3) is 11.4. The summed E-state index contributed by atoms with van der Waals surface area (Å²) in [5.74, 6) is 1.56. The van der Waals surface area contributed by atoms with E-state index in [2.05, 4.69) is 33.0 Å². The van der Waals surface area contributed by atoms with Gasteiger partial charge in [-0.1, -0.05) is 27.7 Å². The Kier molecular flexibility index (Phi) is 10.1. The Bertz CT molecular complexity index is 54.3. The van der Waals surface area contributed by atoms with Crippen molar-refractivity contribution in [3.05, 3.63) is 0 Å². The summed E-state index contributed by atoms with van der Waals surface area (Å²) < 4.78 is 0. The summed E-state index contributed by atoms with van der Waals surface area (Å²) >= 11 is 0. The Hall–Kier alpha value is 0.557. The number of hydrogen-bond acceptors (Lipinski definition) is 1. The van der Waals surface area contributed by atoms with Gasteiger partial charge in [-0.25, -0.2) is 0 Å². The second kappa shape index (κ2) is 7.66. The Labute approximate surface area is 77.1 Å². The summed E-state index contributed by atoms with van der Waals surface area (Å²) in [4.78, 5) is 0. The van der Waals surface area contributed by atoms with Gasteiger partial charge in [-0.05, 0) is 24.9 Å². The Morgan fingerprint density at radius 3 is 1.40 bits per heavy atom. The van der Waals surface area contributed by atoms with Gasteiger partial charge >= 0.3 is 18.9 Å². The van der Waals surface area contributed by atoms with Crippen LogP contribution in [0, 0.1) is 11.8 Å².